The van der Waals surface area contributed by atoms with Crippen LogP contribution < -0.4 is 5.73 Å². The lowest BCUT2D eigenvalue weighted by Crippen LogP contribution is -2.04. The van der Waals surface area contributed by atoms with Gasteiger partial charge >= 0.3 is 5.97 Å². The smallest absolute Gasteiger partial charge is 0.336 e. The normalized spacial score (nSPS) is 10.0. The lowest BCUT2D eigenvalue weighted by atomic mass is 10.0. The molecule has 1 aromatic carbocycles. The minimum atomic E-state index is -1.03. The van der Waals surface area contributed by atoms with Gasteiger partial charge in [-0.15, -0.1) is 0 Å². The Hall–Kier alpha value is -1.71. The van der Waals surface area contributed by atoms with Gasteiger partial charge in [0.1, 0.15) is 5.75 Å². The van der Waals surface area contributed by atoms with Crippen molar-refractivity contribution in [3.05, 3.63) is 22.8 Å². The van der Waals surface area contributed by atoms with Gasteiger partial charge in [0, 0.05) is 0 Å². The molecule has 0 amide bonds. The molecule has 0 aromatic heterocycles. The second kappa shape index (κ2) is 2.97. The molecule has 0 aliphatic carbocycles. The molecular formula is C9H11NO3. The molecule has 0 aliphatic heterocycles. The van der Waals surface area contributed by atoms with Crippen LogP contribution in [0.25, 0.3) is 0 Å². The van der Waals surface area contributed by atoms with Crippen LogP contribution >= 0.6 is 0 Å². The lowest BCUT2D eigenvalue weighted by molar-refractivity contribution is 0.0696. The molecule has 0 fully saturated rings. The summed E-state index contributed by atoms with van der Waals surface area (Å²) in [4.78, 5) is 10.7. The maximum Gasteiger partial charge on any atom is 0.336 e. The molecule has 0 saturated carbocycles. The van der Waals surface area contributed by atoms with E-state index in [0.29, 0.717) is 11.1 Å². The first-order valence-electron chi connectivity index (χ1n) is 3.77. The van der Waals surface area contributed by atoms with E-state index in [1.807, 2.05) is 0 Å². The Balaban J connectivity index is 3.50. The highest BCUT2D eigenvalue weighted by atomic mass is 16.4. The molecule has 0 heterocycles. The van der Waals surface area contributed by atoms with Crippen molar-refractivity contribution in [2.24, 2.45) is 0 Å². The first-order chi connectivity index (χ1) is 5.95. The molecule has 0 atom stereocenters. The van der Waals surface area contributed by atoms with Crippen molar-refractivity contribution in [3.63, 3.8) is 0 Å². The molecule has 0 bridgehead atoms. The quantitative estimate of drug-likeness (QED) is 0.450. The predicted octanol–water partition coefficient (Wildman–Crippen LogP) is 1.29. The molecule has 0 saturated heterocycles. The summed E-state index contributed by atoms with van der Waals surface area (Å²) in [5.74, 6) is -1.07. The monoisotopic (exact) mass is 181 g/mol. The summed E-state index contributed by atoms with van der Waals surface area (Å²) in [6.45, 7) is 3.18. The van der Waals surface area contributed by atoms with Crippen LogP contribution in [-0.4, -0.2) is 16.2 Å². The molecule has 0 spiro atoms. The van der Waals surface area contributed by atoms with Crippen LogP contribution in [0, 0.1) is 13.8 Å². The van der Waals surface area contributed by atoms with Crippen LogP contribution in [0.2, 0.25) is 0 Å². The highest BCUT2D eigenvalue weighted by Gasteiger charge is 2.14. The molecule has 0 radical (unpaired) electrons. The second-order valence-corrected chi connectivity index (χ2v) is 2.93. The number of hydrogen-bond donors (Lipinski definition) is 3. The zero-order valence-electron chi connectivity index (χ0n) is 7.46. The Kier molecular flexibility index (Phi) is 2.14. The van der Waals surface area contributed by atoms with Crippen LogP contribution in [-0.2, 0) is 0 Å². The van der Waals surface area contributed by atoms with Crippen LogP contribution in [0.15, 0.2) is 6.07 Å². The zero-order chi connectivity index (χ0) is 10.2. The highest BCUT2D eigenvalue weighted by molar-refractivity contribution is 5.92. The number of carboxylic acids is 1. The van der Waals surface area contributed by atoms with Crippen molar-refractivity contribution in [2.75, 3.05) is 5.73 Å². The molecule has 13 heavy (non-hydrogen) atoms. The van der Waals surface area contributed by atoms with Gasteiger partial charge in [0.15, 0.2) is 0 Å². The number of hydrogen-bond acceptors (Lipinski definition) is 3. The molecule has 0 unspecified atom stereocenters. The summed E-state index contributed by atoms with van der Waals surface area (Å²) in [7, 11) is 0. The van der Waals surface area contributed by atoms with Gasteiger partial charge in [0.2, 0.25) is 0 Å². The van der Waals surface area contributed by atoms with Crippen molar-refractivity contribution in [1.82, 2.24) is 0 Å². The Labute approximate surface area is 75.6 Å². The van der Waals surface area contributed by atoms with Gasteiger partial charge < -0.3 is 15.9 Å². The van der Waals surface area contributed by atoms with Gasteiger partial charge in [0.05, 0.1) is 11.3 Å². The summed E-state index contributed by atoms with van der Waals surface area (Å²) < 4.78 is 0. The summed E-state index contributed by atoms with van der Waals surface area (Å²) >= 11 is 0. The second-order valence-electron chi connectivity index (χ2n) is 2.93. The van der Waals surface area contributed by atoms with E-state index in [-0.39, 0.29) is 17.0 Å². The number of aromatic carboxylic acids is 1. The van der Waals surface area contributed by atoms with Gasteiger partial charge in [-0.3, -0.25) is 0 Å². The van der Waals surface area contributed by atoms with Crippen molar-refractivity contribution < 1.29 is 15.0 Å². The zero-order valence-corrected chi connectivity index (χ0v) is 7.46. The summed E-state index contributed by atoms with van der Waals surface area (Å²) in [5.41, 5.74) is 6.65. The van der Waals surface area contributed by atoms with E-state index in [0.717, 1.165) is 0 Å². The number of anilines is 1. The lowest BCUT2D eigenvalue weighted by Gasteiger charge is -2.09. The summed E-state index contributed by atoms with van der Waals surface area (Å²) in [6.07, 6.45) is 0. The average molecular weight is 181 g/mol. The van der Waals surface area contributed by atoms with Gasteiger partial charge in [-0.05, 0) is 31.0 Å². The molecule has 1 rings (SSSR count). The van der Waals surface area contributed by atoms with Crippen LogP contribution in [0.5, 0.6) is 5.75 Å². The largest absolute Gasteiger partial charge is 0.506 e. The maximum atomic E-state index is 10.7. The van der Waals surface area contributed by atoms with Gasteiger partial charge in [0.25, 0.3) is 0 Å². The fourth-order valence-electron chi connectivity index (χ4n) is 1.15. The number of carbonyl (C=O) groups is 1. The van der Waals surface area contributed by atoms with Crippen LogP contribution in [0.3, 0.4) is 0 Å². The van der Waals surface area contributed by atoms with E-state index in [2.05, 4.69) is 0 Å². The van der Waals surface area contributed by atoms with Gasteiger partial charge in [-0.1, -0.05) is 0 Å². The van der Waals surface area contributed by atoms with E-state index < -0.39 is 5.97 Å². The molecule has 4 nitrogen and oxygen atoms in total. The molecule has 4 heteroatoms. The standard InChI is InChI=1S/C9H11NO3/c1-4-3-6(9(12)13)5(2)7(10)8(4)11/h3,11H,10H2,1-2H3,(H,12,13). The van der Waals surface area contributed by atoms with E-state index in [9.17, 15) is 9.90 Å². The van der Waals surface area contributed by atoms with E-state index in [1.54, 1.807) is 13.8 Å². The third kappa shape index (κ3) is 1.42. The first-order valence-corrected chi connectivity index (χ1v) is 3.77. The molecule has 0 aliphatic rings. The van der Waals surface area contributed by atoms with Crippen LogP contribution in [0.1, 0.15) is 21.5 Å². The number of rotatable bonds is 1. The molecule has 4 N–H and O–H groups in total. The predicted molar refractivity (Wildman–Crippen MR) is 49.0 cm³/mol. The number of aryl methyl sites for hydroxylation is 1. The molecular weight excluding hydrogens is 170 g/mol. The van der Waals surface area contributed by atoms with E-state index in [4.69, 9.17) is 10.8 Å². The average Bonchev–Trinajstić information content (AvgIpc) is 2.07. The SMILES string of the molecule is Cc1cc(C(=O)O)c(C)c(N)c1O. The number of benzene rings is 1. The minimum Gasteiger partial charge on any atom is -0.506 e. The van der Waals surface area contributed by atoms with Crippen molar-refractivity contribution in [1.29, 1.82) is 0 Å². The fourth-order valence-corrected chi connectivity index (χ4v) is 1.15. The Morgan fingerprint density at radius 1 is 1.46 bits per heavy atom. The number of nitrogen functional groups attached to an aromatic ring is 1. The Bertz CT molecular complexity index is 372. The number of aromatic hydroxyl groups is 1. The van der Waals surface area contributed by atoms with Gasteiger partial charge in [-0.25, -0.2) is 4.79 Å². The number of nitrogens with two attached hydrogens (primary N) is 1. The van der Waals surface area contributed by atoms with E-state index in [1.165, 1.54) is 6.07 Å². The first kappa shape index (κ1) is 9.38. The third-order valence-corrected chi connectivity index (χ3v) is 2.03. The molecule has 1 aromatic rings. The Morgan fingerprint density at radius 2 is 2.00 bits per heavy atom. The van der Waals surface area contributed by atoms with Crippen LogP contribution in [0.4, 0.5) is 5.69 Å². The molecule has 70 valence electrons. The maximum absolute atomic E-state index is 10.7. The van der Waals surface area contributed by atoms with E-state index >= 15 is 0 Å². The minimum absolute atomic E-state index is 0.0394. The Morgan fingerprint density at radius 3 is 2.46 bits per heavy atom. The number of carboxylic acid groups (broad SMARTS) is 1. The highest BCUT2D eigenvalue weighted by Crippen LogP contribution is 2.30. The topological polar surface area (TPSA) is 83.5 Å². The van der Waals surface area contributed by atoms with Gasteiger partial charge in [-0.2, -0.15) is 0 Å². The summed E-state index contributed by atoms with van der Waals surface area (Å²) in [6, 6.07) is 1.41. The number of phenolic OH excluding ortho intramolecular Hbond substituents is 1. The summed E-state index contributed by atoms with van der Waals surface area (Å²) in [5, 5.41) is 18.1. The fraction of sp³-hybridized carbons (Fsp3) is 0.222. The van der Waals surface area contributed by atoms with Crippen molar-refractivity contribution >= 4 is 11.7 Å². The number of phenols is 1. The van der Waals surface area contributed by atoms with Crippen molar-refractivity contribution in [3.8, 4) is 5.75 Å². The third-order valence-electron chi connectivity index (χ3n) is 2.03. The van der Waals surface area contributed by atoms with Crippen molar-refractivity contribution in [2.45, 2.75) is 13.8 Å².